The van der Waals surface area contributed by atoms with Crippen molar-refractivity contribution in [3.05, 3.63) is 37.8 Å². The van der Waals surface area contributed by atoms with E-state index in [2.05, 4.69) is 22.6 Å². The predicted octanol–water partition coefficient (Wildman–Crippen LogP) is 1.70. The normalized spacial score (nSPS) is 9.43. The summed E-state index contributed by atoms with van der Waals surface area (Å²) in [5.41, 5.74) is 0. The average molecular weight is 196 g/mol. The highest BCUT2D eigenvalue weighted by Crippen LogP contribution is 1.91. The van der Waals surface area contributed by atoms with Crippen LogP contribution in [0, 0.1) is 0 Å². The molecule has 0 N–H and O–H groups in total. The first-order valence-corrected chi connectivity index (χ1v) is 3.96. The van der Waals surface area contributed by atoms with Crippen LogP contribution in [-0.2, 0) is 19.1 Å². The molecule has 0 bridgehead atoms. The Morgan fingerprint density at radius 1 is 0.929 bits per heavy atom. The number of rotatable bonds is 6. The topological polar surface area (TPSA) is 52.6 Å². The molecule has 14 heavy (non-hydrogen) atoms. The lowest BCUT2D eigenvalue weighted by atomic mass is 10.4. The largest absolute Gasteiger partial charge is 0.431 e. The summed E-state index contributed by atoms with van der Waals surface area (Å²) in [6.45, 7) is 6.72. The van der Waals surface area contributed by atoms with Crippen molar-refractivity contribution < 1.29 is 19.1 Å². The van der Waals surface area contributed by atoms with Crippen LogP contribution in [0.5, 0.6) is 0 Å². The summed E-state index contributed by atoms with van der Waals surface area (Å²) in [6.07, 6.45) is 5.08. The van der Waals surface area contributed by atoms with Crippen LogP contribution in [-0.4, -0.2) is 11.9 Å². The van der Waals surface area contributed by atoms with Crippen molar-refractivity contribution in [2.75, 3.05) is 0 Å². The molecule has 0 heterocycles. The third kappa shape index (κ3) is 6.84. The first-order valence-electron chi connectivity index (χ1n) is 3.96. The van der Waals surface area contributed by atoms with Gasteiger partial charge in [-0.1, -0.05) is 12.2 Å². The van der Waals surface area contributed by atoms with Crippen LogP contribution in [0.2, 0.25) is 0 Å². The molecule has 0 aromatic heterocycles. The molecule has 0 fully saturated rings. The molecule has 0 aliphatic rings. The summed E-state index contributed by atoms with van der Waals surface area (Å²) in [6, 6.07) is 0. The van der Waals surface area contributed by atoms with Crippen molar-refractivity contribution in [1.29, 1.82) is 0 Å². The van der Waals surface area contributed by atoms with Crippen molar-refractivity contribution in [3.8, 4) is 0 Å². The minimum atomic E-state index is -0.462. The zero-order valence-electron chi connectivity index (χ0n) is 7.77. The van der Waals surface area contributed by atoms with E-state index in [0.29, 0.717) is 0 Å². The summed E-state index contributed by atoms with van der Waals surface area (Å²) in [5, 5.41) is 0. The fourth-order valence-electron chi connectivity index (χ4n) is 0.539. The van der Waals surface area contributed by atoms with Gasteiger partial charge in [-0.25, -0.2) is 0 Å². The van der Waals surface area contributed by atoms with Crippen LogP contribution in [0.25, 0.3) is 0 Å². The molecule has 4 nitrogen and oxygen atoms in total. The second kappa shape index (κ2) is 7.79. The van der Waals surface area contributed by atoms with Gasteiger partial charge in [-0.2, -0.15) is 0 Å². The number of hydrogen-bond acceptors (Lipinski definition) is 4. The van der Waals surface area contributed by atoms with E-state index in [1.54, 1.807) is 0 Å². The monoisotopic (exact) mass is 196 g/mol. The van der Waals surface area contributed by atoms with E-state index in [-0.39, 0.29) is 12.8 Å². The Labute approximate surface area is 82.5 Å². The van der Waals surface area contributed by atoms with Gasteiger partial charge in [-0.3, -0.25) is 9.59 Å². The second-order valence-corrected chi connectivity index (χ2v) is 2.24. The van der Waals surface area contributed by atoms with E-state index in [1.807, 2.05) is 0 Å². The highest BCUT2D eigenvalue weighted by Gasteiger charge is 1.97. The molecule has 0 aliphatic heterocycles. The second-order valence-electron chi connectivity index (χ2n) is 2.24. The van der Waals surface area contributed by atoms with Crippen LogP contribution in [0.4, 0.5) is 0 Å². The van der Waals surface area contributed by atoms with Crippen molar-refractivity contribution >= 4 is 11.9 Å². The van der Waals surface area contributed by atoms with Gasteiger partial charge in [0.1, 0.15) is 12.5 Å². The molecule has 76 valence electrons. The molecule has 0 saturated carbocycles. The lowest BCUT2D eigenvalue weighted by Gasteiger charge is -1.95. The molecule has 0 saturated heterocycles. The van der Waals surface area contributed by atoms with Crippen molar-refractivity contribution in [2.24, 2.45) is 0 Å². The predicted molar refractivity (Wildman–Crippen MR) is 51.0 cm³/mol. The summed E-state index contributed by atoms with van der Waals surface area (Å²) in [4.78, 5) is 21.4. The van der Waals surface area contributed by atoms with E-state index in [4.69, 9.17) is 0 Å². The number of carbonyl (C=O) groups is 2. The van der Waals surface area contributed by atoms with Crippen LogP contribution < -0.4 is 0 Å². The quantitative estimate of drug-likeness (QED) is 0.368. The highest BCUT2D eigenvalue weighted by molar-refractivity contribution is 5.72. The van der Waals surface area contributed by atoms with Crippen LogP contribution >= 0.6 is 0 Å². The fraction of sp³-hybridized carbons (Fsp3) is 0.200. The van der Waals surface area contributed by atoms with Crippen molar-refractivity contribution in [1.82, 2.24) is 0 Å². The minimum absolute atomic E-state index is 0.116. The lowest BCUT2D eigenvalue weighted by Crippen LogP contribution is -1.99. The van der Waals surface area contributed by atoms with E-state index >= 15 is 0 Å². The molecule has 0 aliphatic carbocycles. The fourth-order valence-corrected chi connectivity index (χ4v) is 0.539. The van der Waals surface area contributed by atoms with Crippen LogP contribution in [0.15, 0.2) is 37.8 Å². The molecular weight excluding hydrogens is 184 g/mol. The SMILES string of the molecule is C=CCC(=O)O/C=C/OC(=O)CC=C. The Bertz CT molecular complexity index is 227. The first kappa shape index (κ1) is 12.2. The zero-order chi connectivity index (χ0) is 10.8. The number of carbonyl (C=O) groups excluding carboxylic acids is 2. The molecule has 0 aromatic rings. The molecule has 0 spiro atoms. The van der Waals surface area contributed by atoms with Gasteiger partial charge in [0, 0.05) is 0 Å². The lowest BCUT2D eigenvalue weighted by molar-refractivity contribution is -0.140. The summed E-state index contributed by atoms with van der Waals surface area (Å²) < 4.78 is 9.03. The van der Waals surface area contributed by atoms with Crippen molar-refractivity contribution in [3.63, 3.8) is 0 Å². The van der Waals surface area contributed by atoms with E-state index in [1.165, 1.54) is 12.2 Å². The van der Waals surface area contributed by atoms with Gasteiger partial charge >= 0.3 is 11.9 Å². The summed E-state index contributed by atoms with van der Waals surface area (Å²) in [7, 11) is 0. The van der Waals surface area contributed by atoms with Gasteiger partial charge in [-0.15, -0.1) is 13.2 Å². The Morgan fingerprint density at radius 3 is 1.57 bits per heavy atom. The first-order chi connectivity index (χ1) is 6.70. The molecular formula is C10H12O4. The average Bonchev–Trinajstić information content (AvgIpc) is 2.13. The summed E-state index contributed by atoms with van der Waals surface area (Å²) in [5.74, 6) is -0.924. The third-order valence-electron chi connectivity index (χ3n) is 1.08. The van der Waals surface area contributed by atoms with Gasteiger partial charge in [-0.05, 0) is 0 Å². The molecule has 0 radical (unpaired) electrons. The highest BCUT2D eigenvalue weighted by atomic mass is 16.6. The maximum atomic E-state index is 10.7. The molecule has 0 aromatic carbocycles. The zero-order valence-corrected chi connectivity index (χ0v) is 7.77. The molecule has 0 unspecified atom stereocenters. The van der Waals surface area contributed by atoms with Gasteiger partial charge in [0.2, 0.25) is 0 Å². The maximum absolute atomic E-state index is 10.7. The number of ether oxygens (including phenoxy) is 2. The van der Waals surface area contributed by atoms with E-state index in [0.717, 1.165) is 12.5 Å². The Balaban J connectivity index is 3.62. The maximum Gasteiger partial charge on any atom is 0.314 e. The number of esters is 2. The van der Waals surface area contributed by atoms with Crippen molar-refractivity contribution in [2.45, 2.75) is 12.8 Å². The van der Waals surface area contributed by atoms with E-state index < -0.39 is 11.9 Å². The Kier molecular flexibility index (Phi) is 6.77. The number of hydrogen-bond donors (Lipinski definition) is 0. The Hall–Kier alpha value is -1.84. The summed E-state index contributed by atoms with van der Waals surface area (Å²) >= 11 is 0. The molecule has 4 heteroatoms. The van der Waals surface area contributed by atoms with Gasteiger partial charge in [0.25, 0.3) is 0 Å². The van der Waals surface area contributed by atoms with Gasteiger partial charge in [0.05, 0.1) is 12.8 Å². The molecule has 0 amide bonds. The van der Waals surface area contributed by atoms with Gasteiger partial charge < -0.3 is 9.47 Å². The van der Waals surface area contributed by atoms with Crippen LogP contribution in [0.3, 0.4) is 0 Å². The smallest absolute Gasteiger partial charge is 0.314 e. The van der Waals surface area contributed by atoms with Gasteiger partial charge in [0.15, 0.2) is 0 Å². The third-order valence-corrected chi connectivity index (χ3v) is 1.08. The van der Waals surface area contributed by atoms with Crippen LogP contribution in [0.1, 0.15) is 12.8 Å². The standard InChI is InChI=1S/C10H12O4/c1-3-5-9(11)13-7-8-14-10(12)6-4-2/h3-4,7-8H,1-2,5-6H2/b8-7+. The molecule has 0 rings (SSSR count). The minimum Gasteiger partial charge on any atom is -0.431 e. The molecule has 0 atom stereocenters. The Morgan fingerprint density at radius 2 is 1.29 bits per heavy atom. The van der Waals surface area contributed by atoms with E-state index in [9.17, 15) is 9.59 Å².